The lowest BCUT2D eigenvalue weighted by atomic mass is 10.1. The van der Waals surface area contributed by atoms with Crippen LogP contribution in [0.2, 0.25) is 0 Å². The van der Waals surface area contributed by atoms with Gasteiger partial charge in [0.05, 0.1) is 6.61 Å². The second-order valence-electron chi connectivity index (χ2n) is 4.41. The average Bonchev–Trinajstić information content (AvgIpc) is 2.28. The normalized spacial score (nSPS) is 11.4. The topological polar surface area (TPSA) is 38.5 Å². The van der Waals surface area contributed by atoms with Gasteiger partial charge in [0, 0.05) is 36.4 Å². The molecule has 0 atom stereocenters. The fraction of sp³-hybridized carbons (Fsp3) is 0.538. The summed E-state index contributed by atoms with van der Waals surface area (Å²) in [5.74, 6) is 0. The number of nitrogens with two attached hydrogens (primary N) is 1. The van der Waals surface area contributed by atoms with E-state index in [2.05, 4.69) is 40.7 Å². The van der Waals surface area contributed by atoms with E-state index >= 15 is 0 Å². The third kappa shape index (κ3) is 4.66. The molecule has 3 nitrogen and oxygen atoms in total. The van der Waals surface area contributed by atoms with Gasteiger partial charge in [-0.25, -0.2) is 0 Å². The first-order valence-electron chi connectivity index (χ1n) is 5.81. The summed E-state index contributed by atoms with van der Waals surface area (Å²) in [5.41, 5.74) is 7.90. The minimum absolute atomic E-state index is 0.495. The van der Waals surface area contributed by atoms with Gasteiger partial charge in [0.25, 0.3) is 0 Å². The van der Waals surface area contributed by atoms with Gasteiger partial charge in [0.2, 0.25) is 0 Å². The molecule has 0 fully saturated rings. The Morgan fingerprint density at radius 3 is 2.65 bits per heavy atom. The molecule has 4 heteroatoms. The predicted octanol–water partition coefficient (Wildman–Crippen LogP) is 2.89. The number of ether oxygens (including phenoxy) is 1. The van der Waals surface area contributed by atoms with Crippen molar-refractivity contribution in [3.8, 4) is 0 Å². The molecule has 96 valence electrons. The van der Waals surface area contributed by atoms with Crippen LogP contribution in [0.15, 0.2) is 22.7 Å². The molecule has 0 heterocycles. The molecule has 1 aromatic rings. The molecule has 0 unspecified atom stereocenters. The van der Waals surface area contributed by atoms with Crippen molar-refractivity contribution in [2.75, 3.05) is 26.0 Å². The third-order valence-corrected chi connectivity index (χ3v) is 3.48. The highest BCUT2D eigenvalue weighted by Gasteiger charge is 2.10. The molecule has 0 saturated heterocycles. The summed E-state index contributed by atoms with van der Waals surface area (Å²) in [7, 11) is 1.73. The van der Waals surface area contributed by atoms with Crippen molar-refractivity contribution >= 4 is 21.6 Å². The van der Waals surface area contributed by atoms with Crippen molar-refractivity contribution < 1.29 is 4.74 Å². The van der Waals surface area contributed by atoms with Gasteiger partial charge >= 0.3 is 0 Å². The van der Waals surface area contributed by atoms with E-state index in [4.69, 9.17) is 10.5 Å². The first kappa shape index (κ1) is 14.5. The van der Waals surface area contributed by atoms with Gasteiger partial charge in [-0.15, -0.1) is 0 Å². The lowest BCUT2D eigenvalue weighted by molar-refractivity contribution is 0.125. The number of halogens is 1. The van der Waals surface area contributed by atoms with Gasteiger partial charge in [-0.05, 0) is 47.5 Å². The monoisotopic (exact) mass is 300 g/mol. The van der Waals surface area contributed by atoms with Crippen molar-refractivity contribution in [3.05, 3.63) is 28.2 Å². The highest BCUT2D eigenvalue weighted by Crippen LogP contribution is 2.21. The van der Waals surface area contributed by atoms with Crippen molar-refractivity contribution in [2.45, 2.75) is 26.4 Å². The summed E-state index contributed by atoms with van der Waals surface area (Å²) in [6.45, 7) is 6.97. The number of nitrogen functional groups attached to an aromatic ring is 1. The van der Waals surface area contributed by atoms with Crippen LogP contribution >= 0.6 is 15.9 Å². The molecule has 0 spiro atoms. The Labute approximate surface area is 112 Å². The highest BCUT2D eigenvalue weighted by atomic mass is 79.9. The number of rotatable bonds is 6. The largest absolute Gasteiger partial charge is 0.398 e. The van der Waals surface area contributed by atoms with E-state index in [1.165, 1.54) is 5.56 Å². The number of benzene rings is 1. The lowest BCUT2D eigenvalue weighted by Crippen LogP contribution is -2.33. The maximum atomic E-state index is 5.88. The number of hydrogen-bond acceptors (Lipinski definition) is 3. The lowest BCUT2D eigenvalue weighted by Gasteiger charge is -2.26. The molecule has 0 aliphatic heterocycles. The van der Waals surface area contributed by atoms with E-state index in [0.717, 1.165) is 29.9 Å². The zero-order chi connectivity index (χ0) is 12.8. The van der Waals surface area contributed by atoms with Gasteiger partial charge in [0.1, 0.15) is 0 Å². The molecule has 0 aromatic heterocycles. The van der Waals surface area contributed by atoms with Crippen LogP contribution in [0.4, 0.5) is 5.69 Å². The number of nitrogens with zero attached hydrogens (tertiary/aromatic N) is 1. The molecule has 0 aliphatic rings. The second-order valence-corrected chi connectivity index (χ2v) is 5.27. The van der Waals surface area contributed by atoms with Crippen LogP contribution in [0.3, 0.4) is 0 Å². The predicted molar refractivity (Wildman–Crippen MR) is 76.0 cm³/mol. The molecule has 0 saturated carbocycles. The zero-order valence-electron chi connectivity index (χ0n) is 10.7. The van der Waals surface area contributed by atoms with Crippen molar-refractivity contribution in [2.24, 2.45) is 0 Å². The molecule has 2 N–H and O–H groups in total. The highest BCUT2D eigenvalue weighted by molar-refractivity contribution is 9.10. The van der Waals surface area contributed by atoms with Crippen LogP contribution in [0.25, 0.3) is 0 Å². The van der Waals surface area contributed by atoms with Crippen molar-refractivity contribution in [1.82, 2.24) is 4.90 Å². The first-order chi connectivity index (χ1) is 8.04. The van der Waals surface area contributed by atoms with E-state index in [1.807, 2.05) is 12.1 Å². The number of methoxy groups -OCH3 is 1. The van der Waals surface area contributed by atoms with Crippen molar-refractivity contribution in [3.63, 3.8) is 0 Å². The Morgan fingerprint density at radius 1 is 1.41 bits per heavy atom. The molecule has 17 heavy (non-hydrogen) atoms. The molecule has 1 rings (SSSR count). The summed E-state index contributed by atoms with van der Waals surface area (Å²) in [5, 5.41) is 0. The summed E-state index contributed by atoms with van der Waals surface area (Å²) >= 11 is 3.41. The Balaban J connectivity index is 2.68. The molecule has 0 aliphatic carbocycles. The summed E-state index contributed by atoms with van der Waals surface area (Å²) in [4.78, 5) is 2.37. The minimum atomic E-state index is 0.495. The number of anilines is 1. The standard InChI is InChI=1S/C13H21BrN2O/c1-10(2)16(6-7-17-3)9-11-4-5-12(14)13(15)8-11/h4-5,8,10H,6-7,9,15H2,1-3H3. The van der Waals surface area contributed by atoms with Crippen LogP contribution in [0.1, 0.15) is 19.4 Å². The minimum Gasteiger partial charge on any atom is -0.398 e. The van der Waals surface area contributed by atoms with E-state index in [9.17, 15) is 0 Å². The van der Waals surface area contributed by atoms with Crippen LogP contribution in [0, 0.1) is 0 Å². The van der Waals surface area contributed by atoms with Gasteiger partial charge in [0.15, 0.2) is 0 Å². The van der Waals surface area contributed by atoms with Crippen LogP contribution in [-0.4, -0.2) is 31.2 Å². The molecular weight excluding hydrogens is 280 g/mol. The summed E-state index contributed by atoms with van der Waals surface area (Å²) in [6, 6.07) is 6.61. The van der Waals surface area contributed by atoms with Gasteiger partial charge in [-0.2, -0.15) is 0 Å². The third-order valence-electron chi connectivity index (χ3n) is 2.76. The number of hydrogen-bond donors (Lipinski definition) is 1. The van der Waals surface area contributed by atoms with Crippen molar-refractivity contribution in [1.29, 1.82) is 0 Å². The average molecular weight is 301 g/mol. The van der Waals surface area contributed by atoms with Crippen LogP contribution in [0.5, 0.6) is 0 Å². The van der Waals surface area contributed by atoms with Gasteiger partial charge in [-0.3, -0.25) is 4.90 Å². The second kappa shape index (κ2) is 6.99. The van der Waals surface area contributed by atoms with Gasteiger partial charge < -0.3 is 10.5 Å². The smallest absolute Gasteiger partial charge is 0.0589 e. The zero-order valence-corrected chi connectivity index (χ0v) is 12.3. The quantitative estimate of drug-likeness (QED) is 0.821. The molecule has 0 radical (unpaired) electrons. The summed E-state index contributed by atoms with van der Waals surface area (Å²) in [6.07, 6.45) is 0. The maximum absolute atomic E-state index is 5.88. The van der Waals surface area contributed by atoms with Crippen LogP contribution < -0.4 is 5.73 Å². The molecule has 0 amide bonds. The fourth-order valence-electron chi connectivity index (χ4n) is 1.65. The Morgan fingerprint density at radius 2 is 2.12 bits per heavy atom. The van der Waals surface area contributed by atoms with E-state index in [-0.39, 0.29) is 0 Å². The molecule has 0 bridgehead atoms. The summed E-state index contributed by atoms with van der Waals surface area (Å²) < 4.78 is 6.08. The SMILES string of the molecule is COCCN(Cc1ccc(Br)c(N)c1)C(C)C. The maximum Gasteiger partial charge on any atom is 0.0589 e. The van der Waals surface area contributed by atoms with E-state index in [0.29, 0.717) is 6.04 Å². The van der Waals surface area contributed by atoms with Gasteiger partial charge in [-0.1, -0.05) is 6.07 Å². The molecule has 1 aromatic carbocycles. The molecular formula is C13H21BrN2O. The Hall–Kier alpha value is -0.580. The van der Waals surface area contributed by atoms with Crippen LogP contribution in [-0.2, 0) is 11.3 Å². The Bertz CT molecular complexity index is 355. The Kier molecular flexibility index (Phi) is 5.95. The van der Waals surface area contributed by atoms with E-state index in [1.54, 1.807) is 7.11 Å². The van der Waals surface area contributed by atoms with E-state index < -0.39 is 0 Å². The fourth-order valence-corrected chi connectivity index (χ4v) is 1.90. The first-order valence-corrected chi connectivity index (χ1v) is 6.60.